The lowest BCUT2D eigenvalue weighted by Crippen LogP contribution is -1.98. The van der Waals surface area contributed by atoms with Crippen molar-refractivity contribution >= 4 is 51.2 Å². The Balaban J connectivity index is 1.67. The molecule has 150 valence electrons. The van der Waals surface area contributed by atoms with Crippen LogP contribution in [0.5, 0.6) is 0 Å². The molecule has 6 nitrogen and oxygen atoms in total. The van der Waals surface area contributed by atoms with Crippen LogP contribution in [0.3, 0.4) is 0 Å². The van der Waals surface area contributed by atoms with Crippen LogP contribution < -0.4 is 33.2 Å². The van der Waals surface area contributed by atoms with Crippen molar-refractivity contribution in [1.82, 2.24) is 0 Å². The molecule has 0 saturated carbocycles. The number of nitrogens with two attached hydrogens (primary N) is 3. The van der Waals surface area contributed by atoms with Gasteiger partial charge < -0.3 is 33.2 Å². The minimum Gasteiger partial charge on any atom is -0.399 e. The highest BCUT2D eigenvalue weighted by Crippen LogP contribution is 2.30. The maximum absolute atomic E-state index is 5.92. The molecule has 4 rings (SSSR count). The molecule has 0 fully saturated rings. The van der Waals surface area contributed by atoms with E-state index in [4.69, 9.17) is 17.2 Å². The average Bonchev–Trinajstić information content (AvgIpc) is 2.68. The number of rotatable bonds is 6. The summed E-state index contributed by atoms with van der Waals surface area (Å²) in [5, 5.41) is 10.2. The second kappa shape index (κ2) is 8.36. The van der Waals surface area contributed by atoms with Gasteiger partial charge in [0.15, 0.2) is 0 Å². The number of hydrogen-bond acceptors (Lipinski definition) is 6. The average molecular weight is 396 g/mol. The standard InChI is InChI=1S/C24H24N6/c25-16-4-1-7-19(10-16)28-22-13-23(29-20-8-2-5-17(26)11-20)15-24(14-22)30-21-9-3-6-18(27)12-21/h1-15,28-30H,25-27H2. The first-order valence-electron chi connectivity index (χ1n) is 9.56. The van der Waals surface area contributed by atoms with E-state index in [9.17, 15) is 0 Å². The third kappa shape index (κ3) is 4.94. The molecular formula is C24H24N6. The van der Waals surface area contributed by atoms with E-state index in [2.05, 4.69) is 16.0 Å². The van der Waals surface area contributed by atoms with Crippen LogP contribution in [0.1, 0.15) is 0 Å². The highest BCUT2D eigenvalue weighted by molar-refractivity contribution is 5.77. The Labute approximate surface area is 175 Å². The Morgan fingerprint density at radius 1 is 0.367 bits per heavy atom. The first-order chi connectivity index (χ1) is 14.5. The molecular weight excluding hydrogens is 372 g/mol. The van der Waals surface area contributed by atoms with Crippen LogP contribution in [0.15, 0.2) is 91.0 Å². The molecule has 9 N–H and O–H groups in total. The van der Waals surface area contributed by atoms with Crippen molar-refractivity contribution in [1.29, 1.82) is 0 Å². The summed E-state index contributed by atoms with van der Waals surface area (Å²) in [6, 6.07) is 29.0. The highest BCUT2D eigenvalue weighted by Gasteiger charge is 2.05. The van der Waals surface area contributed by atoms with Crippen LogP contribution in [0, 0.1) is 0 Å². The zero-order chi connectivity index (χ0) is 20.9. The number of hydrogen-bond donors (Lipinski definition) is 6. The zero-order valence-corrected chi connectivity index (χ0v) is 16.4. The van der Waals surface area contributed by atoms with Crippen molar-refractivity contribution in [3.63, 3.8) is 0 Å². The van der Waals surface area contributed by atoms with Crippen LogP contribution in [0.2, 0.25) is 0 Å². The van der Waals surface area contributed by atoms with E-state index in [-0.39, 0.29) is 0 Å². The van der Waals surface area contributed by atoms with Gasteiger partial charge in [-0.05, 0) is 72.8 Å². The lowest BCUT2D eigenvalue weighted by molar-refractivity contribution is 1.49. The van der Waals surface area contributed by atoms with Crippen LogP contribution in [-0.4, -0.2) is 0 Å². The van der Waals surface area contributed by atoms with Gasteiger partial charge in [0.25, 0.3) is 0 Å². The van der Waals surface area contributed by atoms with Gasteiger partial charge in [0.2, 0.25) is 0 Å². The smallest absolute Gasteiger partial charge is 0.0425 e. The summed E-state index contributed by atoms with van der Waals surface area (Å²) >= 11 is 0. The lowest BCUT2D eigenvalue weighted by atomic mass is 10.2. The third-order valence-electron chi connectivity index (χ3n) is 4.46. The first kappa shape index (κ1) is 19.0. The minimum atomic E-state index is 0.701. The van der Waals surface area contributed by atoms with Gasteiger partial charge in [-0.1, -0.05) is 18.2 Å². The molecule has 4 aromatic carbocycles. The monoisotopic (exact) mass is 396 g/mol. The first-order valence-corrected chi connectivity index (χ1v) is 9.56. The second-order valence-electron chi connectivity index (χ2n) is 7.05. The molecule has 0 bridgehead atoms. The zero-order valence-electron chi connectivity index (χ0n) is 16.4. The maximum Gasteiger partial charge on any atom is 0.0425 e. The molecule has 0 saturated heterocycles. The molecule has 0 unspecified atom stereocenters. The Hall–Kier alpha value is -4.32. The number of nitrogens with one attached hydrogen (secondary N) is 3. The van der Waals surface area contributed by atoms with Crippen molar-refractivity contribution in [3.05, 3.63) is 91.0 Å². The summed E-state index contributed by atoms with van der Waals surface area (Å²) in [6.45, 7) is 0. The van der Waals surface area contributed by atoms with E-state index < -0.39 is 0 Å². The SMILES string of the molecule is Nc1cccc(Nc2cc(Nc3cccc(N)c3)cc(Nc3cccc(N)c3)c2)c1. The molecule has 0 aliphatic heterocycles. The summed E-state index contributed by atoms with van der Waals surface area (Å²) in [5.74, 6) is 0. The molecule has 0 amide bonds. The second-order valence-corrected chi connectivity index (χ2v) is 7.05. The van der Waals surface area contributed by atoms with Gasteiger partial charge in [-0.3, -0.25) is 0 Å². The Morgan fingerprint density at radius 2 is 0.667 bits per heavy atom. The summed E-state index contributed by atoms with van der Waals surface area (Å²) in [7, 11) is 0. The van der Waals surface area contributed by atoms with Gasteiger partial charge in [0, 0.05) is 51.2 Å². The fraction of sp³-hybridized carbons (Fsp3) is 0. The summed E-state index contributed by atoms with van der Waals surface area (Å²) < 4.78 is 0. The number of anilines is 9. The number of benzene rings is 4. The molecule has 0 aromatic heterocycles. The fourth-order valence-electron chi connectivity index (χ4n) is 3.19. The molecule has 0 heterocycles. The van der Waals surface area contributed by atoms with E-state index in [0.717, 1.165) is 34.1 Å². The Kier molecular flexibility index (Phi) is 5.30. The van der Waals surface area contributed by atoms with Crippen LogP contribution in [0.25, 0.3) is 0 Å². The van der Waals surface area contributed by atoms with Gasteiger partial charge in [0.1, 0.15) is 0 Å². The summed E-state index contributed by atoms with van der Waals surface area (Å²) in [5.41, 5.74) is 25.3. The van der Waals surface area contributed by atoms with E-state index in [1.165, 1.54) is 0 Å². The molecule has 0 spiro atoms. The molecule has 30 heavy (non-hydrogen) atoms. The van der Waals surface area contributed by atoms with Crippen molar-refractivity contribution in [2.24, 2.45) is 0 Å². The largest absolute Gasteiger partial charge is 0.399 e. The topological polar surface area (TPSA) is 114 Å². The van der Waals surface area contributed by atoms with E-state index in [1.807, 2.05) is 91.0 Å². The summed E-state index contributed by atoms with van der Waals surface area (Å²) in [4.78, 5) is 0. The van der Waals surface area contributed by atoms with Crippen molar-refractivity contribution in [2.75, 3.05) is 33.2 Å². The maximum atomic E-state index is 5.92. The normalized spacial score (nSPS) is 10.4. The molecule has 0 radical (unpaired) electrons. The predicted molar refractivity (Wildman–Crippen MR) is 129 cm³/mol. The van der Waals surface area contributed by atoms with Crippen LogP contribution >= 0.6 is 0 Å². The highest BCUT2D eigenvalue weighted by atomic mass is 14.9. The Bertz CT molecular complexity index is 1010. The fourth-order valence-corrected chi connectivity index (χ4v) is 3.19. The molecule has 0 atom stereocenters. The van der Waals surface area contributed by atoms with E-state index in [1.54, 1.807) is 0 Å². The van der Waals surface area contributed by atoms with Gasteiger partial charge in [-0.25, -0.2) is 0 Å². The van der Waals surface area contributed by atoms with Crippen LogP contribution in [0.4, 0.5) is 51.2 Å². The van der Waals surface area contributed by atoms with Gasteiger partial charge >= 0.3 is 0 Å². The van der Waals surface area contributed by atoms with E-state index >= 15 is 0 Å². The molecule has 0 aliphatic carbocycles. The molecule has 0 aliphatic rings. The third-order valence-corrected chi connectivity index (χ3v) is 4.46. The molecule has 4 aromatic rings. The molecule has 6 heteroatoms. The predicted octanol–water partition coefficient (Wildman–Crippen LogP) is 5.66. The van der Waals surface area contributed by atoms with Crippen molar-refractivity contribution in [3.8, 4) is 0 Å². The Morgan fingerprint density at radius 3 is 0.933 bits per heavy atom. The van der Waals surface area contributed by atoms with Gasteiger partial charge in [-0.15, -0.1) is 0 Å². The minimum absolute atomic E-state index is 0.701. The van der Waals surface area contributed by atoms with Crippen molar-refractivity contribution in [2.45, 2.75) is 0 Å². The van der Waals surface area contributed by atoms with Crippen molar-refractivity contribution < 1.29 is 0 Å². The lowest BCUT2D eigenvalue weighted by Gasteiger charge is -2.15. The quantitative estimate of drug-likeness (QED) is 0.234. The number of nitrogen functional groups attached to an aromatic ring is 3. The van der Waals surface area contributed by atoms with Gasteiger partial charge in [0.05, 0.1) is 0 Å². The van der Waals surface area contributed by atoms with E-state index in [0.29, 0.717) is 17.1 Å². The summed E-state index contributed by atoms with van der Waals surface area (Å²) in [6.07, 6.45) is 0. The van der Waals surface area contributed by atoms with Gasteiger partial charge in [-0.2, -0.15) is 0 Å². The van der Waals surface area contributed by atoms with Crippen LogP contribution in [-0.2, 0) is 0 Å².